The summed E-state index contributed by atoms with van der Waals surface area (Å²) in [6.07, 6.45) is 4.05. The lowest BCUT2D eigenvalue weighted by molar-refractivity contribution is 0.0255. The van der Waals surface area contributed by atoms with Crippen LogP contribution >= 0.6 is 11.8 Å². The maximum absolute atomic E-state index is 6.05. The minimum Gasteiger partial charge on any atom is -0.329 e. The van der Waals surface area contributed by atoms with Crippen molar-refractivity contribution >= 4 is 11.8 Å². The van der Waals surface area contributed by atoms with E-state index >= 15 is 0 Å². The molecule has 2 aliphatic rings. The molecule has 3 atom stereocenters. The van der Waals surface area contributed by atoms with E-state index in [-0.39, 0.29) is 0 Å². The molecule has 0 aromatic heterocycles. The van der Waals surface area contributed by atoms with Gasteiger partial charge in [-0.1, -0.05) is 6.92 Å². The maximum atomic E-state index is 6.05. The van der Waals surface area contributed by atoms with Crippen molar-refractivity contribution in [1.29, 1.82) is 0 Å². The summed E-state index contributed by atoms with van der Waals surface area (Å²) in [5.74, 6) is 3.41. The maximum Gasteiger partial charge on any atom is 0.0432 e. The normalized spacial score (nSPS) is 43.4. The Morgan fingerprint density at radius 2 is 2.20 bits per heavy atom. The second-order valence-corrected chi connectivity index (χ2v) is 6.52. The van der Waals surface area contributed by atoms with Gasteiger partial charge in [-0.3, -0.25) is 4.90 Å². The highest BCUT2D eigenvalue weighted by Gasteiger charge is 2.42. The summed E-state index contributed by atoms with van der Waals surface area (Å²) in [6.45, 7) is 6.87. The van der Waals surface area contributed by atoms with Gasteiger partial charge in [0.05, 0.1) is 0 Å². The van der Waals surface area contributed by atoms with Crippen LogP contribution in [0.25, 0.3) is 0 Å². The Kier molecular flexibility index (Phi) is 3.63. The second kappa shape index (κ2) is 4.64. The molecule has 2 heterocycles. The van der Waals surface area contributed by atoms with Crippen LogP contribution in [0, 0.1) is 5.92 Å². The zero-order chi connectivity index (χ0) is 10.9. The third kappa shape index (κ3) is 2.20. The van der Waals surface area contributed by atoms with Gasteiger partial charge in [0.1, 0.15) is 0 Å². The van der Waals surface area contributed by atoms with Crippen LogP contribution in [0.5, 0.6) is 0 Å². The Bertz CT molecular complexity index is 214. The Labute approximate surface area is 98.0 Å². The van der Waals surface area contributed by atoms with E-state index in [9.17, 15) is 0 Å². The molecule has 2 N–H and O–H groups in total. The van der Waals surface area contributed by atoms with E-state index in [0.29, 0.717) is 5.54 Å². The van der Waals surface area contributed by atoms with Gasteiger partial charge in [-0.25, -0.2) is 0 Å². The van der Waals surface area contributed by atoms with E-state index in [1.54, 1.807) is 0 Å². The Hall–Kier alpha value is 0.270. The molecule has 0 bridgehead atoms. The SMILES string of the molecule is CC1CCC(C)N(C2(CN)CCSC2)C1. The Balaban J connectivity index is 2.11. The van der Waals surface area contributed by atoms with Crippen LogP contribution in [-0.4, -0.2) is 41.1 Å². The average molecular weight is 228 g/mol. The average Bonchev–Trinajstić information content (AvgIpc) is 2.71. The van der Waals surface area contributed by atoms with Crippen molar-refractivity contribution in [3.63, 3.8) is 0 Å². The number of nitrogens with two attached hydrogens (primary N) is 1. The first-order chi connectivity index (χ1) is 7.18. The third-order valence-electron chi connectivity index (χ3n) is 4.19. The van der Waals surface area contributed by atoms with Crippen molar-refractivity contribution < 1.29 is 0 Å². The highest BCUT2D eigenvalue weighted by Crippen LogP contribution is 2.37. The van der Waals surface area contributed by atoms with Gasteiger partial charge in [0.15, 0.2) is 0 Å². The first kappa shape index (κ1) is 11.7. The van der Waals surface area contributed by atoms with E-state index in [1.165, 1.54) is 37.3 Å². The van der Waals surface area contributed by atoms with Crippen molar-refractivity contribution in [2.45, 2.75) is 44.7 Å². The second-order valence-electron chi connectivity index (χ2n) is 5.41. The molecule has 2 fully saturated rings. The summed E-state index contributed by atoms with van der Waals surface area (Å²) >= 11 is 2.08. The van der Waals surface area contributed by atoms with Gasteiger partial charge in [-0.15, -0.1) is 0 Å². The zero-order valence-corrected chi connectivity index (χ0v) is 10.9. The van der Waals surface area contributed by atoms with Crippen molar-refractivity contribution in [1.82, 2.24) is 4.90 Å². The summed E-state index contributed by atoms with van der Waals surface area (Å²) in [7, 11) is 0. The van der Waals surface area contributed by atoms with Gasteiger partial charge in [0.25, 0.3) is 0 Å². The smallest absolute Gasteiger partial charge is 0.0432 e. The molecule has 0 saturated carbocycles. The fourth-order valence-corrected chi connectivity index (χ4v) is 4.53. The molecular formula is C12H24N2S. The molecular weight excluding hydrogens is 204 g/mol. The molecule has 3 heteroatoms. The van der Waals surface area contributed by atoms with Gasteiger partial charge < -0.3 is 5.73 Å². The van der Waals surface area contributed by atoms with Crippen LogP contribution in [0.15, 0.2) is 0 Å². The van der Waals surface area contributed by atoms with Crippen LogP contribution in [0.2, 0.25) is 0 Å². The molecule has 0 aromatic carbocycles. The molecule has 2 saturated heterocycles. The predicted molar refractivity (Wildman–Crippen MR) is 68.3 cm³/mol. The molecule has 0 spiro atoms. The van der Waals surface area contributed by atoms with E-state index < -0.39 is 0 Å². The highest BCUT2D eigenvalue weighted by molar-refractivity contribution is 7.99. The Morgan fingerprint density at radius 3 is 2.80 bits per heavy atom. The fourth-order valence-electron chi connectivity index (χ4n) is 3.05. The quantitative estimate of drug-likeness (QED) is 0.783. The van der Waals surface area contributed by atoms with Gasteiger partial charge >= 0.3 is 0 Å². The number of nitrogens with zero attached hydrogens (tertiary/aromatic N) is 1. The highest BCUT2D eigenvalue weighted by atomic mass is 32.2. The zero-order valence-electron chi connectivity index (χ0n) is 10.0. The number of likely N-dealkylation sites (tertiary alicyclic amines) is 1. The van der Waals surface area contributed by atoms with Crippen molar-refractivity contribution in [2.75, 3.05) is 24.6 Å². The molecule has 0 aromatic rings. The van der Waals surface area contributed by atoms with Crippen LogP contribution in [-0.2, 0) is 0 Å². The summed E-state index contributed by atoms with van der Waals surface area (Å²) in [4.78, 5) is 2.72. The minimum atomic E-state index is 0.332. The fraction of sp³-hybridized carbons (Fsp3) is 1.00. The van der Waals surface area contributed by atoms with Gasteiger partial charge in [-0.05, 0) is 37.9 Å². The molecule has 0 aliphatic carbocycles. The van der Waals surface area contributed by atoms with Crippen LogP contribution in [0.3, 0.4) is 0 Å². The van der Waals surface area contributed by atoms with Crippen molar-refractivity contribution in [2.24, 2.45) is 11.7 Å². The lowest BCUT2D eigenvalue weighted by Gasteiger charge is -2.48. The van der Waals surface area contributed by atoms with Gasteiger partial charge in [0.2, 0.25) is 0 Å². The first-order valence-electron chi connectivity index (χ1n) is 6.22. The summed E-state index contributed by atoms with van der Waals surface area (Å²) in [5, 5.41) is 0. The van der Waals surface area contributed by atoms with E-state index in [4.69, 9.17) is 5.73 Å². The van der Waals surface area contributed by atoms with Crippen LogP contribution < -0.4 is 5.73 Å². The first-order valence-corrected chi connectivity index (χ1v) is 7.38. The topological polar surface area (TPSA) is 29.3 Å². The van der Waals surface area contributed by atoms with Crippen molar-refractivity contribution in [3.8, 4) is 0 Å². The molecule has 15 heavy (non-hydrogen) atoms. The number of rotatable bonds is 2. The Morgan fingerprint density at radius 1 is 1.40 bits per heavy atom. The molecule has 88 valence electrons. The number of thioether (sulfide) groups is 1. The largest absolute Gasteiger partial charge is 0.329 e. The monoisotopic (exact) mass is 228 g/mol. The molecule has 2 nitrogen and oxygen atoms in total. The third-order valence-corrected chi connectivity index (χ3v) is 5.42. The number of piperidine rings is 1. The molecule has 0 amide bonds. The van der Waals surface area contributed by atoms with Crippen LogP contribution in [0.1, 0.15) is 33.1 Å². The van der Waals surface area contributed by atoms with E-state index in [0.717, 1.165) is 18.5 Å². The van der Waals surface area contributed by atoms with Gasteiger partial charge in [-0.2, -0.15) is 11.8 Å². The molecule has 0 radical (unpaired) electrons. The van der Waals surface area contributed by atoms with Crippen molar-refractivity contribution in [3.05, 3.63) is 0 Å². The van der Waals surface area contributed by atoms with Gasteiger partial charge in [0, 0.05) is 30.4 Å². The minimum absolute atomic E-state index is 0.332. The summed E-state index contributed by atoms with van der Waals surface area (Å²) < 4.78 is 0. The lowest BCUT2D eigenvalue weighted by atomic mass is 9.87. The summed E-state index contributed by atoms with van der Waals surface area (Å²) in [5.41, 5.74) is 6.38. The van der Waals surface area contributed by atoms with Crippen LogP contribution in [0.4, 0.5) is 0 Å². The molecule has 2 aliphatic heterocycles. The van der Waals surface area contributed by atoms with E-state index in [1.807, 2.05) is 0 Å². The summed E-state index contributed by atoms with van der Waals surface area (Å²) in [6, 6.07) is 0.739. The van der Waals surface area contributed by atoms with E-state index in [2.05, 4.69) is 30.5 Å². The molecule has 2 rings (SSSR count). The number of hydrogen-bond acceptors (Lipinski definition) is 3. The molecule has 3 unspecified atom stereocenters. The standard InChI is InChI=1S/C12H24N2S/c1-10-3-4-11(2)14(7-10)12(8-13)5-6-15-9-12/h10-11H,3-9,13H2,1-2H3. The predicted octanol–water partition coefficient (Wildman–Crippen LogP) is 1.94. The number of hydrogen-bond donors (Lipinski definition) is 1. The lowest BCUT2D eigenvalue weighted by Crippen LogP contribution is -2.60.